The van der Waals surface area contributed by atoms with Gasteiger partial charge in [-0.05, 0) is 55.8 Å². The van der Waals surface area contributed by atoms with E-state index >= 15 is 0 Å². The molecule has 1 saturated heterocycles. The molecule has 0 amide bonds. The van der Waals surface area contributed by atoms with Gasteiger partial charge in [0.05, 0.1) is 4.90 Å². The number of hydrogen-bond donors (Lipinski definition) is 0. The number of aromatic nitrogens is 3. The van der Waals surface area contributed by atoms with E-state index < -0.39 is 15.6 Å². The Balaban J connectivity index is 1.38. The van der Waals surface area contributed by atoms with Gasteiger partial charge in [0.15, 0.2) is 5.65 Å². The van der Waals surface area contributed by atoms with Gasteiger partial charge in [-0.3, -0.25) is 9.30 Å². The first-order valence-corrected chi connectivity index (χ1v) is 10.6. The van der Waals surface area contributed by atoms with Crippen LogP contribution in [0, 0.1) is 0 Å². The number of nitrogens with zero attached hydrogens (tertiary/aromatic N) is 4. The van der Waals surface area contributed by atoms with Crippen LogP contribution in [0.15, 0.2) is 53.6 Å². The summed E-state index contributed by atoms with van der Waals surface area (Å²) in [6.45, 7) is 2.41. The van der Waals surface area contributed by atoms with Crippen LogP contribution in [0.3, 0.4) is 0 Å². The number of rotatable bonds is 5. The molecule has 0 spiro atoms. The molecule has 1 aromatic carbocycles. The number of likely N-dealkylation sites (tertiary alicyclic amines) is 1. The molecule has 1 fully saturated rings. The highest BCUT2D eigenvalue weighted by Crippen LogP contribution is 2.28. The number of sulfone groups is 1. The molecule has 0 bridgehead atoms. The second-order valence-electron chi connectivity index (χ2n) is 6.99. The van der Waals surface area contributed by atoms with Crippen molar-refractivity contribution >= 4 is 15.5 Å². The van der Waals surface area contributed by atoms with E-state index in [0.717, 1.165) is 43.0 Å². The van der Waals surface area contributed by atoms with Crippen LogP contribution in [0.2, 0.25) is 0 Å². The summed E-state index contributed by atoms with van der Waals surface area (Å²) in [5.74, 6) is -2.07. The van der Waals surface area contributed by atoms with Crippen molar-refractivity contribution in [2.45, 2.75) is 36.0 Å². The molecule has 0 atom stereocenters. The van der Waals surface area contributed by atoms with Crippen LogP contribution in [0.25, 0.3) is 5.65 Å². The van der Waals surface area contributed by atoms with Crippen LogP contribution in [0.5, 0.6) is 0 Å². The monoisotopic (exact) mass is 406 g/mol. The van der Waals surface area contributed by atoms with Crippen molar-refractivity contribution in [1.82, 2.24) is 19.5 Å². The summed E-state index contributed by atoms with van der Waals surface area (Å²) in [4.78, 5) is 1.93. The second kappa shape index (κ2) is 7.56. The third-order valence-electron chi connectivity index (χ3n) is 5.19. The molecule has 0 saturated carbocycles. The normalized spacial score (nSPS) is 16.8. The molecular weight excluding hydrogens is 386 g/mol. The first-order valence-electron chi connectivity index (χ1n) is 9.08. The third kappa shape index (κ3) is 3.64. The van der Waals surface area contributed by atoms with Gasteiger partial charge in [0.1, 0.15) is 5.82 Å². The maximum absolute atomic E-state index is 12.6. The zero-order valence-corrected chi connectivity index (χ0v) is 15.9. The van der Waals surface area contributed by atoms with Gasteiger partial charge in [0.25, 0.3) is 0 Å². The number of hydrogen-bond acceptors (Lipinski definition) is 5. The van der Waals surface area contributed by atoms with Gasteiger partial charge in [-0.1, -0.05) is 18.2 Å². The van der Waals surface area contributed by atoms with Crippen molar-refractivity contribution in [3.8, 4) is 0 Å². The van der Waals surface area contributed by atoms with Crippen LogP contribution in [0.4, 0.5) is 8.78 Å². The molecule has 3 aromatic rings. The smallest absolute Gasteiger partial charge is 0.299 e. The van der Waals surface area contributed by atoms with E-state index in [1.165, 1.54) is 12.1 Å². The number of benzene rings is 1. The molecule has 28 heavy (non-hydrogen) atoms. The fourth-order valence-electron chi connectivity index (χ4n) is 3.63. The molecule has 1 aliphatic rings. The molecule has 3 heterocycles. The average molecular weight is 406 g/mol. The lowest BCUT2D eigenvalue weighted by atomic mass is 9.95. The maximum Gasteiger partial charge on any atom is 0.341 e. The van der Waals surface area contributed by atoms with Gasteiger partial charge >= 0.3 is 5.76 Å². The average Bonchev–Trinajstić information content (AvgIpc) is 3.13. The molecule has 0 N–H and O–H groups in total. The van der Waals surface area contributed by atoms with E-state index in [1.54, 1.807) is 12.1 Å². The van der Waals surface area contributed by atoms with Crippen LogP contribution in [-0.2, 0) is 16.4 Å². The Labute approximate surface area is 161 Å². The van der Waals surface area contributed by atoms with Crippen LogP contribution >= 0.6 is 0 Å². The minimum atomic E-state index is -4.54. The largest absolute Gasteiger partial charge is 0.341 e. The molecule has 1 aliphatic heterocycles. The standard InChI is InChI=1S/C19H20F2N4O2S/c20-19(21)28(26,27)16-6-4-14(5-7-16)13-24-11-8-15(9-12-24)18-23-22-17-3-1-2-10-25(17)18/h1-7,10,15,19H,8-9,11-13H2. The molecule has 148 valence electrons. The highest BCUT2D eigenvalue weighted by atomic mass is 32.2. The Bertz CT molecular complexity index is 1060. The Morgan fingerprint density at radius 1 is 1.04 bits per heavy atom. The SMILES string of the molecule is O=S(=O)(c1ccc(CN2CCC(c3nnc4ccccn34)CC2)cc1)C(F)F. The summed E-state index contributed by atoms with van der Waals surface area (Å²) in [6, 6.07) is 11.6. The van der Waals surface area contributed by atoms with E-state index in [0.29, 0.717) is 12.5 Å². The summed E-state index contributed by atoms with van der Waals surface area (Å²) in [6.07, 6.45) is 3.88. The van der Waals surface area contributed by atoms with Crippen molar-refractivity contribution in [2.75, 3.05) is 13.1 Å². The van der Waals surface area contributed by atoms with E-state index in [4.69, 9.17) is 0 Å². The lowest BCUT2D eigenvalue weighted by molar-refractivity contribution is 0.201. The predicted molar refractivity (Wildman–Crippen MR) is 99.9 cm³/mol. The summed E-state index contributed by atoms with van der Waals surface area (Å²) < 4.78 is 50.3. The van der Waals surface area contributed by atoms with E-state index in [1.807, 2.05) is 28.8 Å². The van der Waals surface area contributed by atoms with Gasteiger partial charge in [-0.25, -0.2) is 8.42 Å². The lowest BCUT2D eigenvalue weighted by Crippen LogP contribution is -2.33. The fourth-order valence-corrected chi connectivity index (χ4v) is 4.35. The van der Waals surface area contributed by atoms with Gasteiger partial charge in [0.2, 0.25) is 9.84 Å². The van der Waals surface area contributed by atoms with Gasteiger partial charge in [0, 0.05) is 18.7 Å². The topological polar surface area (TPSA) is 67.6 Å². The molecule has 4 rings (SSSR count). The number of fused-ring (bicyclic) bond motifs is 1. The van der Waals surface area contributed by atoms with Gasteiger partial charge in [-0.2, -0.15) is 8.78 Å². The van der Waals surface area contributed by atoms with Crippen LogP contribution in [-0.4, -0.2) is 46.8 Å². The zero-order chi connectivity index (χ0) is 19.7. The quantitative estimate of drug-likeness (QED) is 0.651. The molecule has 6 nitrogen and oxygen atoms in total. The first kappa shape index (κ1) is 18.9. The lowest BCUT2D eigenvalue weighted by Gasteiger charge is -2.31. The van der Waals surface area contributed by atoms with E-state index in [-0.39, 0.29) is 4.90 Å². The summed E-state index contributed by atoms with van der Waals surface area (Å²) in [5.41, 5.74) is 1.75. The Hall–Kier alpha value is -2.39. The van der Waals surface area contributed by atoms with Gasteiger partial charge < -0.3 is 0 Å². The van der Waals surface area contributed by atoms with Crippen molar-refractivity contribution in [2.24, 2.45) is 0 Å². The number of pyridine rings is 1. The molecular formula is C19H20F2N4O2S. The highest BCUT2D eigenvalue weighted by Gasteiger charge is 2.27. The molecule has 0 unspecified atom stereocenters. The number of halogens is 2. The molecule has 0 aliphatic carbocycles. The molecule has 9 heteroatoms. The zero-order valence-electron chi connectivity index (χ0n) is 15.1. The van der Waals surface area contributed by atoms with E-state index in [2.05, 4.69) is 15.1 Å². The van der Waals surface area contributed by atoms with Crippen LogP contribution < -0.4 is 0 Å². The number of alkyl halides is 2. The third-order valence-corrected chi connectivity index (χ3v) is 6.58. The first-order chi connectivity index (χ1) is 13.4. The van der Waals surface area contributed by atoms with Gasteiger partial charge in [-0.15, -0.1) is 10.2 Å². The minimum Gasteiger partial charge on any atom is -0.299 e. The Morgan fingerprint density at radius 2 is 1.75 bits per heavy atom. The van der Waals surface area contributed by atoms with E-state index in [9.17, 15) is 17.2 Å². The summed E-state index contributed by atoms with van der Waals surface area (Å²) in [5, 5.41) is 8.57. The minimum absolute atomic E-state index is 0.340. The van der Waals surface area contributed by atoms with Crippen molar-refractivity contribution in [3.63, 3.8) is 0 Å². The number of piperidine rings is 1. The Kier molecular flexibility index (Phi) is 5.11. The summed E-state index contributed by atoms with van der Waals surface area (Å²) >= 11 is 0. The second-order valence-corrected chi connectivity index (χ2v) is 8.90. The molecule has 2 aromatic heterocycles. The predicted octanol–water partition coefficient (Wildman–Crippen LogP) is 3.11. The van der Waals surface area contributed by atoms with Crippen LogP contribution in [0.1, 0.15) is 30.1 Å². The van der Waals surface area contributed by atoms with Crippen molar-refractivity contribution in [1.29, 1.82) is 0 Å². The maximum atomic E-state index is 12.6. The molecule has 0 radical (unpaired) electrons. The van der Waals surface area contributed by atoms with Crippen molar-refractivity contribution in [3.05, 3.63) is 60.0 Å². The van der Waals surface area contributed by atoms with Crippen molar-refractivity contribution < 1.29 is 17.2 Å². The summed E-state index contributed by atoms with van der Waals surface area (Å²) in [7, 11) is -4.54. The fraction of sp³-hybridized carbons (Fsp3) is 0.368. The Morgan fingerprint density at radius 3 is 2.43 bits per heavy atom. The highest BCUT2D eigenvalue weighted by molar-refractivity contribution is 7.91.